The minimum atomic E-state index is -0.384. The van der Waals surface area contributed by atoms with E-state index < -0.39 is 0 Å². The van der Waals surface area contributed by atoms with Crippen LogP contribution < -0.4 is 13.8 Å². The second kappa shape index (κ2) is 6.64. The Kier molecular flexibility index (Phi) is 4.19. The van der Waals surface area contributed by atoms with E-state index in [1.807, 2.05) is 48.5 Å². The third kappa shape index (κ3) is 3.13. The predicted octanol–water partition coefficient (Wildman–Crippen LogP) is 4.06. The number of nitrogens with zero attached hydrogens (tertiary/aromatic N) is 1. The van der Waals surface area contributed by atoms with Gasteiger partial charge in [0.25, 0.3) is 5.91 Å². The first-order chi connectivity index (χ1) is 12.2. The fourth-order valence-corrected chi connectivity index (χ4v) is 3.49. The molecular weight excluding hydrogens is 339 g/mol. The average molecular weight is 354 g/mol. The topological polar surface area (TPSA) is 41.6 Å². The van der Waals surface area contributed by atoms with Crippen LogP contribution in [0.5, 0.6) is 5.75 Å². The maximum Gasteiger partial charge on any atom is 0.251 e. The molecule has 1 N–H and O–H groups in total. The number of benzene rings is 3. The summed E-state index contributed by atoms with van der Waals surface area (Å²) >= 11 is 1.08. The van der Waals surface area contributed by atoms with Gasteiger partial charge in [-0.25, -0.2) is 4.39 Å². The van der Waals surface area contributed by atoms with Crippen molar-refractivity contribution in [1.82, 2.24) is 4.72 Å². The molecule has 4 nitrogen and oxygen atoms in total. The number of nitrogens with one attached hydrogen (secondary N) is 1. The monoisotopic (exact) mass is 354 g/mol. The highest BCUT2D eigenvalue weighted by Gasteiger charge is 2.28. The lowest BCUT2D eigenvalue weighted by Crippen LogP contribution is -2.17. The summed E-state index contributed by atoms with van der Waals surface area (Å²) in [6.45, 7) is 0.410. The number of carbonyl (C=O) groups excluding carboxylic acids is 1. The first kappa shape index (κ1) is 15.8. The van der Waals surface area contributed by atoms with E-state index in [0.29, 0.717) is 17.7 Å². The summed E-state index contributed by atoms with van der Waals surface area (Å²) in [6, 6.07) is 18.7. The second-order valence-corrected chi connectivity index (χ2v) is 6.51. The van der Waals surface area contributed by atoms with Gasteiger partial charge in [0.15, 0.2) is 5.82 Å². The Balaban J connectivity index is 1.76. The zero-order chi connectivity index (χ0) is 17.2. The highest BCUT2D eigenvalue weighted by Crippen LogP contribution is 2.40. The van der Waals surface area contributed by atoms with E-state index in [2.05, 4.69) is 4.72 Å². The van der Waals surface area contributed by atoms with Crippen molar-refractivity contribution >= 4 is 34.5 Å². The van der Waals surface area contributed by atoms with Gasteiger partial charge in [0, 0.05) is 5.39 Å². The summed E-state index contributed by atoms with van der Waals surface area (Å²) in [5.74, 6) is -0.124. The van der Waals surface area contributed by atoms with Gasteiger partial charge in [-0.3, -0.25) is 13.8 Å². The summed E-state index contributed by atoms with van der Waals surface area (Å²) in [7, 11) is 0. The van der Waals surface area contributed by atoms with E-state index >= 15 is 4.39 Å². The predicted molar refractivity (Wildman–Crippen MR) is 97.8 cm³/mol. The summed E-state index contributed by atoms with van der Waals surface area (Å²) < 4.78 is 25.3. The van der Waals surface area contributed by atoms with Crippen LogP contribution in [-0.4, -0.2) is 12.5 Å². The van der Waals surface area contributed by atoms with Crippen molar-refractivity contribution in [2.24, 2.45) is 0 Å². The Labute approximate surface area is 148 Å². The lowest BCUT2D eigenvalue weighted by Gasteiger charge is -2.20. The van der Waals surface area contributed by atoms with E-state index in [-0.39, 0.29) is 24.0 Å². The van der Waals surface area contributed by atoms with Crippen LogP contribution in [0.3, 0.4) is 0 Å². The van der Waals surface area contributed by atoms with E-state index in [1.54, 1.807) is 16.4 Å². The maximum atomic E-state index is 15.2. The molecule has 0 bridgehead atoms. The van der Waals surface area contributed by atoms with Crippen molar-refractivity contribution in [3.63, 3.8) is 0 Å². The Hall–Kier alpha value is -2.73. The lowest BCUT2D eigenvalue weighted by atomic mass is 10.1. The van der Waals surface area contributed by atoms with Gasteiger partial charge in [-0.1, -0.05) is 54.6 Å². The van der Waals surface area contributed by atoms with Crippen molar-refractivity contribution in [2.75, 3.05) is 10.8 Å². The van der Waals surface area contributed by atoms with Crippen molar-refractivity contribution in [1.29, 1.82) is 0 Å². The Bertz CT molecular complexity index is 933. The Morgan fingerprint density at radius 2 is 1.88 bits per heavy atom. The maximum absolute atomic E-state index is 15.2. The number of hydrogen-bond acceptors (Lipinski definition) is 4. The standard InChI is InChI=1S/C19H15FN2O2S/c20-18-15-9-5-4-8-14(15)10-16(19(18)22-11-17(23)21-25-22)24-12-13-6-2-1-3-7-13/h1-10H,11-12H2,(H,21,23). The quantitative estimate of drug-likeness (QED) is 0.718. The third-order valence-corrected chi connectivity index (χ3v) is 4.82. The molecule has 0 radical (unpaired) electrons. The van der Waals surface area contributed by atoms with Crippen LogP contribution in [0.25, 0.3) is 10.8 Å². The van der Waals surface area contributed by atoms with E-state index in [0.717, 1.165) is 23.1 Å². The largest absolute Gasteiger partial charge is 0.487 e. The minimum absolute atomic E-state index is 0.0849. The van der Waals surface area contributed by atoms with Crippen molar-refractivity contribution in [3.8, 4) is 5.75 Å². The number of carbonyl (C=O) groups is 1. The van der Waals surface area contributed by atoms with Crippen molar-refractivity contribution < 1.29 is 13.9 Å². The SMILES string of the molecule is O=C1CN(c2c(OCc3ccccc3)cc3ccccc3c2F)SN1. The van der Waals surface area contributed by atoms with Gasteiger partial charge in [-0.15, -0.1) is 0 Å². The number of rotatable bonds is 4. The molecule has 0 saturated carbocycles. The molecule has 126 valence electrons. The smallest absolute Gasteiger partial charge is 0.251 e. The number of fused-ring (bicyclic) bond motifs is 1. The highest BCUT2D eigenvalue weighted by atomic mass is 32.2. The molecule has 1 saturated heterocycles. The minimum Gasteiger partial charge on any atom is -0.487 e. The molecule has 3 aromatic carbocycles. The van der Waals surface area contributed by atoms with Gasteiger partial charge in [0.2, 0.25) is 0 Å². The summed E-state index contributed by atoms with van der Waals surface area (Å²) in [5, 5.41) is 1.26. The molecule has 0 atom stereocenters. The van der Waals surface area contributed by atoms with Crippen LogP contribution in [0.4, 0.5) is 10.1 Å². The van der Waals surface area contributed by atoms with Gasteiger partial charge in [0.05, 0.1) is 12.1 Å². The molecule has 0 aromatic heterocycles. The fraction of sp³-hybridized carbons (Fsp3) is 0.105. The molecule has 1 aliphatic heterocycles. The molecule has 0 aliphatic carbocycles. The zero-order valence-corrected chi connectivity index (χ0v) is 14.1. The average Bonchev–Trinajstić information content (AvgIpc) is 3.07. The van der Waals surface area contributed by atoms with Crippen LogP contribution in [0.2, 0.25) is 0 Å². The molecule has 1 amide bonds. The van der Waals surface area contributed by atoms with Gasteiger partial charge in [-0.2, -0.15) is 0 Å². The number of amides is 1. The van der Waals surface area contributed by atoms with Gasteiger partial charge < -0.3 is 4.74 Å². The van der Waals surface area contributed by atoms with Crippen molar-refractivity contribution in [2.45, 2.75) is 6.61 Å². The molecule has 0 spiro atoms. The second-order valence-electron chi connectivity index (χ2n) is 5.69. The molecular formula is C19H15FN2O2S. The first-order valence-corrected chi connectivity index (χ1v) is 8.61. The molecule has 25 heavy (non-hydrogen) atoms. The van der Waals surface area contributed by atoms with Crippen LogP contribution in [-0.2, 0) is 11.4 Å². The fourth-order valence-electron chi connectivity index (χ4n) is 2.77. The highest BCUT2D eigenvalue weighted by molar-refractivity contribution is 7.99. The number of anilines is 1. The van der Waals surface area contributed by atoms with E-state index in [9.17, 15) is 4.79 Å². The van der Waals surface area contributed by atoms with Gasteiger partial charge in [0.1, 0.15) is 24.6 Å². The van der Waals surface area contributed by atoms with Crippen molar-refractivity contribution in [3.05, 3.63) is 72.0 Å². The van der Waals surface area contributed by atoms with Crippen LogP contribution in [0, 0.1) is 5.82 Å². The summed E-state index contributed by atoms with van der Waals surface area (Å²) in [5.41, 5.74) is 1.28. The molecule has 0 unspecified atom stereocenters. The lowest BCUT2D eigenvalue weighted by molar-refractivity contribution is -0.117. The Morgan fingerprint density at radius 3 is 2.64 bits per heavy atom. The first-order valence-electron chi connectivity index (χ1n) is 7.83. The molecule has 1 heterocycles. The molecule has 3 aromatic rings. The third-order valence-electron chi connectivity index (χ3n) is 3.97. The van der Waals surface area contributed by atoms with E-state index in [1.165, 1.54) is 0 Å². The molecule has 1 aliphatic rings. The Morgan fingerprint density at radius 1 is 1.12 bits per heavy atom. The molecule has 4 rings (SSSR count). The number of halogens is 1. The number of ether oxygens (including phenoxy) is 1. The van der Waals surface area contributed by atoms with Gasteiger partial charge >= 0.3 is 0 Å². The summed E-state index contributed by atoms with van der Waals surface area (Å²) in [6.07, 6.45) is 0. The summed E-state index contributed by atoms with van der Waals surface area (Å²) in [4.78, 5) is 11.6. The number of hydrogen-bond donors (Lipinski definition) is 1. The zero-order valence-electron chi connectivity index (χ0n) is 13.2. The normalized spacial score (nSPS) is 14.0. The van der Waals surface area contributed by atoms with E-state index in [4.69, 9.17) is 4.74 Å². The molecule has 1 fully saturated rings. The van der Waals surface area contributed by atoms with Crippen LogP contribution in [0.15, 0.2) is 60.7 Å². The van der Waals surface area contributed by atoms with Crippen LogP contribution >= 0.6 is 12.1 Å². The van der Waals surface area contributed by atoms with Crippen LogP contribution in [0.1, 0.15) is 5.56 Å². The van der Waals surface area contributed by atoms with Gasteiger partial charge in [-0.05, 0) is 17.0 Å². The molecule has 6 heteroatoms.